The molecule has 2 aromatic rings. The number of benzene rings is 2. The number of rotatable bonds is 3. The zero-order chi connectivity index (χ0) is 23.7. The number of halogens is 6. The van der Waals surface area contributed by atoms with Crippen LogP contribution in [-0.2, 0) is 12.4 Å². The summed E-state index contributed by atoms with van der Waals surface area (Å²) in [6.45, 7) is 0.0308. The summed E-state index contributed by atoms with van der Waals surface area (Å²) >= 11 is 0. The van der Waals surface area contributed by atoms with Gasteiger partial charge in [-0.1, -0.05) is 12.1 Å². The van der Waals surface area contributed by atoms with E-state index in [0.29, 0.717) is 5.56 Å². The van der Waals surface area contributed by atoms with Crippen molar-refractivity contribution >= 4 is 12.0 Å². The molecule has 2 aromatic carbocycles. The van der Waals surface area contributed by atoms with Crippen molar-refractivity contribution in [2.75, 3.05) is 13.1 Å². The highest BCUT2D eigenvalue weighted by Gasteiger charge is 2.35. The normalized spacial score (nSPS) is 19.5. The van der Waals surface area contributed by atoms with Crippen LogP contribution in [0.4, 0.5) is 31.1 Å². The summed E-state index contributed by atoms with van der Waals surface area (Å²) in [6.07, 6.45) is -10.1. The predicted octanol–water partition coefficient (Wildman–Crippen LogP) is 4.99. The van der Waals surface area contributed by atoms with Crippen LogP contribution >= 0.6 is 0 Å². The molecule has 2 amide bonds. The van der Waals surface area contributed by atoms with Gasteiger partial charge in [0.15, 0.2) is 0 Å². The van der Waals surface area contributed by atoms with Crippen LogP contribution < -0.4 is 5.32 Å². The lowest BCUT2D eigenvalue weighted by molar-refractivity contribution is -0.138. The second-order valence-electron chi connectivity index (χ2n) is 7.40. The Balaban J connectivity index is 1.81. The quantitative estimate of drug-likeness (QED) is 0.635. The average Bonchev–Trinajstić information content (AvgIpc) is 2.73. The Labute approximate surface area is 178 Å². The van der Waals surface area contributed by atoms with Gasteiger partial charge in [0.25, 0.3) is 5.91 Å². The molecule has 11 heteroatoms. The summed E-state index contributed by atoms with van der Waals surface area (Å²) in [5, 5.41) is 12.0. The maximum atomic E-state index is 12.9. The van der Waals surface area contributed by atoms with E-state index in [0.717, 1.165) is 41.3 Å². The van der Waals surface area contributed by atoms with E-state index in [1.807, 2.05) is 0 Å². The zero-order valence-electron chi connectivity index (χ0n) is 16.4. The smallest absolute Gasteiger partial charge is 0.416 e. The molecule has 0 bridgehead atoms. The monoisotopic (exact) mass is 460 g/mol. The number of hydrogen-bond donors (Lipinski definition) is 2. The average molecular weight is 460 g/mol. The minimum atomic E-state index is -4.55. The lowest BCUT2D eigenvalue weighted by Gasteiger charge is -2.38. The van der Waals surface area contributed by atoms with E-state index < -0.39 is 47.4 Å². The van der Waals surface area contributed by atoms with Gasteiger partial charge < -0.3 is 15.3 Å². The molecule has 3 rings (SSSR count). The number of likely N-dealkylation sites (tertiary alicyclic amines) is 1. The van der Waals surface area contributed by atoms with E-state index in [-0.39, 0.29) is 25.1 Å². The van der Waals surface area contributed by atoms with Crippen LogP contribution in [0.25, 0.3) is 0 Å². The van der Waals surface area contributed by atoms with Crippen molar-refractivity contribution in [3.8, 4) is 0 Å². The van der Waals surface area contributed by atoms with Gasteiger partial charge in [-0.3, -0.25) is 4.79 Å². The number of amides is 2. The molecule has 1 saturated heterocycles. The van der Waals surface area contributed by atoms with Crippen molar-refractivity contribution in [1.82, 2.24) is 10.2 Å². The molecule has 1 fully saturated rings. The van der Waals surface area contributed by atoms with Crippen LogP contribution in [0, 0.1) is 0 Å². The first-order chi connectivity index (χ1) is 14.9. The molecule has 2 N–H and O–H groups in total. The highest BCUT2D eigenvalue weighted by Crippen LogP contribution is 2.33. The van der Waals surface area contributed by atoms with Gasteiger partial charge >= 0.3 is 18.4 Å². The fourth-order valence-corrected chi connectivity index (χ4v) is 3.62. The molecule has 0 radical (unpaired) electrons. The van der Waals surface area contributed by atoms with Crippen LogP contribution in [0.5, 0.6) is 0 Å². The van der Waals surface area contributed by atoms with Gasteiger partial charge in [0, 0.05) is 30.6 Å². The number of carboxylic acid groups (broad SMARTS) is 1. The standard InChI is InChI=1S/C21H18F6N2O3/c22-20(23,24)14-5-1-12(2-6-14)16-11-29(19(31)32)10-9-17(16)28-18(30)13-3-7-15(8-4-13)21(25,26)27/h1-8,16-17H,9-11H2,(H,28,30)(H,31,32)/t16-,17+/m0/s1. The van der Waals surface area contributed by atoms with E-state index in [1.165, 1.54) is 12.1 Å². The lowest BCUT2D eigenvalue weighted by Crippen LogP contribution is -2.51. The van der Waals surface area contributed by atoms with Gasteiger partial charge in [0.1, 0.15) is 0 Å². The van der Waals surface area contributed by atoms with E-state index in [2.05, 4.69) is 5.32 Å². The highest BCUT2D eigenvalue weighted by molar-refractivity contribution is 5.94. The summed E-state index contributed by atoms with van der Waals surface area (Å²) in [6, 6.07) is 7.19. The Morgan fingerprint density at radius 3 is 1.84 bits per heavy atom. The van der Waals surface area contributed by atoms with Gasteiger partial charge in [-0.05, 0) is 48.4 Å². The summed E-state index contributed by atoms with van der Waals surface area (Å²) in [4.78, 5) is 25.1. The van der Waals surface area contributed by atoms with Crippen molar-refractivity contribution in [3.63, 3.8) is 0 Å². The minimum absolute atomic E-state index is 0.0233. The molecule has 0 spiro atoms. The second kappa shape index (κ2) is 8.71. The van der Waals surface area contributed by atoms with Gasteiger partial charge in [-0.2, -0.15) is 26.3 Å². The van der Waals surface area contributed by atoms with Gasteiger partial charge in [-0.15, -0.1) is 0 Å². The molecule has 1 aliphatic heterocycles. The Morgan fingerprint density at radius 2 is 1.38 bits per heavy atom. The Hall–Kier alpha value is -3.24. The van der Waals surface area contributed by atoms with Gasteiger partial charge in [0.05, 0.1) is 11.1 Å². The molecular weight excluding hydrogens is 442 g/mol. The first-order valence-electron chi connectivity index (χ1n) is 9.49. The predicted molar refractivity (Wildman–Crippen MR) is 101 cm³/mol. The van der Waals surface area contributed by atoms with Crippen LogP contribution in [0.1, 0.15) is 39.4 Å². The number of nitrogens with one attached hydrogen (secondary N) is 1. The number of piperidine rings is 1. The molecule has 1 heterocycles. The highest BCUT2D eigenvalue weighted by atomic mass is 19.4. The topological polar surface area (TPSA) is 69.6 Å². The summed E-state index contributed by atoms with van der Waals surface area (Å²) in [5.74, 6) is -1.30. The number of carbonyl (C=O) groups excluding carboxylic acids is 1. The molecule has 0 aromatic heterocycles. The third-order valence-electron chi connectivity index (χ3n) is 5.34. The number of carbonyl (C=O) groups is 2. The zero-order valence-corrected chi connectivity index (χ0v) is 16.4. The Bertz CT molecular complexity index is 971. The molecule has 172 valence electrons. The van der Waals surface area contributed by atoms with Crippen molar-refractivity contribution in [2.45, 2.75) is 30.7 Å². The first kappa shape index (κ1) is 23.4. The molecule has 5 nitrogen and oxygen atoms in total. The molecule has 0 saturated carbocycles. The van der Waals surface area contributed by atoms with Crippen molar-refractivity contribution in [3.05, 3.63) is 70.8 Å². The molecular formula is C21H18F6N2O3. The van der Waals surface area contributed by atoms with Crippen molar-refractivity contribution in [1.29, 1.82) is 0 Å². The van der Waals surface area contributed by atoms with Crippen molar-refractivity contribution < 1.29 is 41.0 Å². The summed E-state index contributed by atoms with van der Waals surface area (Å²) in [5.41, 5.74) is -1.39. The van der Waals surface area contributed by atoms with Crippen LogP contribution in [-0.4, -0.2) is 41.1 Å². The second-order valence-corrected chi connectivity index (χ2v) is 7.40. The van der Waals surface area contributed by atoms with Gasteiger partial charge in [0.2, 0.25) is 0 Å². The fourth-order valence-electron chi connectivity index (χ4n) is 3.62. The molecule has 2 atom stereocenters. The van der Waals surface area contributed by atoms with E-state index in [9.17, 15) is 41.0 Å². The Morgan fingerprint density at radius 1 is 0.875 bits per heavy atom. The van der Waals surface area contributed by atoms with Crippen LogP contribution in [0.2, 0.25) is 0 Å². The molecule has 0 aliphatic carbocycles. The van der Waals surface area contributed by atoms with E-state index in [1.54, 1.807) is 0 Å². The third-order valence-corrected chi connectivity index (χ3v) is 5.34. The maximum absolute atomic E-state index is 12.9. The number of nitrogens with zero attached hydrogens (tertiary/aromatic N) is 1. The van der Waals surface area contributed by atoms with Crippen molar-refractivity contribution in [2.24, 2.45) is 0 Å². The largest absolute Gasteiger partial charge is 0.465 e. The molecule has 1 aliphatic rings. The van der Waals surface area contributed by atoms with E-state index >= 15 is 0 Å². The van der Waals surface area contributed by atoms with Crippen LogP contribution in [0.3, 0.4) is 0 Å². The Kier molecular flexibility index (Phi) is 6.38. The van der Waals surface area contributed by atoms with Crippen LogP contribution in [0.15, 0.2) is 48.5 Å². The minimum Gasteiger partial charge on any atom is -0.465 e. The molecule has 0 unspecified atom stereocenters. The lowest BCUT2D eigenvalue weighted by atomic mass is 9.85. The SMILES string of the molecule is O=C(N[C@@H]1CCN(C(=O)O)C[C@H]1c1ccc(C(F)(F)F)cc1)c1ccc(C(F)(F)F)cc1. The summed E-state index contributed by atoms with van der Waals surface area (Å²) < 4.78 is 76.7. The number of alkyl halides is 6. The van der Waals surface area contributed by atoms with Gasteiger partial charge in [-0.25, -0.2) is 4.79 Å². The third kappa shape index (κ3) is 5.32. The first-order valence-corrected chi connectivity index (χ1v) is 9.49. The summed E-state index contributed by atoms with van der Waals surface area (Å²) in [7, 11) is 0. The molecule has 32 heavy (non-hydrogen) atoms. The fraction of sp³-hybridized carbons (Fsp3) is 0.333. The van der Waals surface area contributed by atoms with E-state index in [4.69, 9.17) is 0 Å². The maximum Gasteiger partial charge on any atom is 0.416 e. The number of hydrogen-bond acceptors (Lipinski definition) is 2.